The number of methoxy groups -OCH3 is 1. The van der Waals surface area contributed by atoms with E-state index in [4.69, 9.17) is 4.74 Å². The van der Waals surface area contributed by atoms with E-state index in [-0.39, 0.29) is 23.1 Å². The van der Waals surface area contributed by atoms with Crippen LogP contribution in [0.1, 0.15) is 93.3 Å². The van der Waals surface area contributed by atoms with Crippen LogP contribution in [0.3, 0.4) is 0 Å². The summed E-state index contributed by atoms with van der Waals surface area (Å²) < 4.78 is 5.20. The first-order valence-corrected chi connectivity index (χ1v) is 9.91. The second kappa shape index (κ2) is 6.51. The Morgan fingerprint density at radius 1 is 1.19 bits per heavy atom. The Kier molecular flexibility index (Phi) is 4.79. The number of rotatable bonds is 3. The first kappa shape index (κ1) is 19.1. The van der Waals surface area contributed by atoms with Crippen molar-refractivity contribution in [1.29, 1.82) is 0 Å². The topological polar surface area (TPSA) is 43.4 Å². The molecule has 1 aromatic rings. The summed E-state index contributed by atoms with van der Waals surface area (Å²) in [6.07, 6.45) is 4.93. The average Bonchev–Trinajstić information content (AvgIpc) is 2.59. The van der Waals surface area contributed by atoms with Crippen LogP contribution in [0.25, 0.3) is 0 Å². The number of ether oxygens (including phenoxy) is 1. The molecule has 0 amide bonds. The molecule has 2 aliphatic rings. The third-order valence-electron chi connectivity index (χ3n) is 7.18. The Labute approximate surface area is 157 Å². The Morgan fingerprint density at radius 3 is 2.46 bits per heavy atom. The second-order valence-corrected chi connectivity index (χ2v) is 9.08. The molecule has 3 rings (SSSR count). The summed E-state index contributed by atoms with van der Waals surface area (Å²) in [5.74, 6) is 0.666. The first-order valence-electron chi connectivity index (χ1n) is 9.91. The van der Waals surface area contributed by atoms with E-state index >= 15 is 0 Å². The number of ketones is 1. The van der Waals surface area contributed by atoms with E-state index in [0.717, 1.165) is 43.2 Å². The van der Waals surface area contributed by atoms with Gasteiger partial charge in [0.2, 0.25) is 0 Å². The van der Waals surface area contributed by atoms with Gasteiger partial charge in [0.25, 0.3) is 0 Å². The Hall–Kier alpha value is -1.64. The molecule has 142 valence electrons. The Morgan fingerprint density at radius 2 is 1.88 bits per heavy atom. The molecule has 0 radical (unpaired) electrons. The van der Waals surface area contributed by atoms with Gasteiger partial charge in [0.15, 0.2) is 5.78 Å². The van der Waals surface area contributed by atoms with E-state index in [0.29, 0.717) is 5.92 Å². The fraction of sp³-hybridized carbons (Fsp3) is 0.652. The first-order chi connectivity index (χ1) is 12.1. The van der Waals surface area contributed by atoms with E-state index in [1.54, 1.807) is 6.92 Å². The minimum atomic E-state index is -0.420. The fourth-order valence-corrected chi connectivity index (χ4v) is 5.79. The highest BCUT2D eigenvalue weighted by atomic mass is 16.5. The molecule has 2 aliphatic carbocycles. The largest absolute Gasteiger partial charge is 0.469 e. The summed E-state index contributed by atoms with van der Waals surface area (Å²) >= 11 is 0. The number of hydrogen-bond donors (Lipinski definition) is 0. The molecule has 0 bridgehead atoms. The van der Waals surface area contributed by atoms with E-state index in [9.17, 15) is 9.59 Å². The van der Waals surface area contributed by atoms with Gasteiger partial charge in [0.05, 0.1) is 12.5 Å². The van der Waals surface area contributed by atoms with Crippen molar-refractivity contribution in [1.82, 2.24) is 0 Å². The molecule has 0 aliphatic heterocycles. The lowest BCUT2D eigenvalue weighted by Gasteiger charge is -2.54. The van der Waals surface area contributed by atoms with Crippen LogP contribution in [0.15, 0.2) is 12.1 Å². The monoisotopic (exact) mass is 356 g/mol. The van der Waals surface area contributed by atoms with Gasteiger partial charge in [-0.3, -0.25) is 9.59 Å². The highest BCUT2D eigenvalue weighted by Crippen LogP contribution is 2.58. The van der Waals surface area contributed by atoms with Crippen LogP contribution in [0.5, 0.6) is 0 Å². The zero-order chi connectivity index (χ0) is 19.3. The second-order valence-electron chi connectivity index (χ2n) is 9.08. The van der Waals surface area contributed by atoms with E-state index in [2.05, 4.69) is 39.8 Å². The van der Waals surface area contributed by atoms with Crippen molar-refractivity contribution in [3.05, 3.63) is 34.4 Å². The van der Waals surface area contributed by atoms with Gasteiger partial charge in [-0.15, -0.1) is 0 Å². The lowest BCUT2D eigenvalue weighted by Crippen LogP contribution is -2.52. The van der Waals surface area contributed by atoms with Crippen LogP contribution >= 0.6 is 0 Å². The summed E-state index contributed by atoms with van der Waals surface area (Å²) in [4.78, 5) is 24.8. The number of esters is 1. The van der Waals surface area contributed by atoms with Crippen LogP contribution in [0.4, 0.5) is 0 Å². The minimum absolute atomic E-state index is 0.0340. The van der Waals surface area contributed by atoms with Crippen molar-refractivity contribution in [3.63, 3.8) is 0 Å². The number of benzene rings is 1. The van der Waals surface area contributed by atoms with Gasteiger partial charge in [-0.1, -0.05) is 33.3 Å². The van der Waals surface area contributed by atoms with Crippen molar-refractivity contribution < 1.29 is 14.3 Å². The summed E-state index contributed by atoms with van der Waals surface area (Å²) in [6.45, 7) is 10.4. The summed E-state index contributed by atoms with van der Waals surface area (Å²) in [6, 6.07) is 4.42. The number of aryl methyl sites for hydroxylation is 1. The van der Waals surface area contributed by atoms with Gasteiger partial charge in [0.1, 0.15) is 0 Å². The number of hydrogen-bond acceptors (Lipinski definition) is 3. The predicted octanol–water partition coefficient (Wildman–Crippen LogP) is 5.20. The molecule has 26 heavy (non-hydrogen) atoms. The molecule has 1 aromatic carbocycles. The van der Waals surface area contributed by atoms with Crippen molar-refractivity contribution in [2.45, 2.75) is 78.1 Å². The van der Waals surface area contributed by atoms with Gasteiger partial charge in [0, 0.05) is 5.56 Å². The van der Waals surface area contributed by atoms with Crippen LogP contribution in [-0.2, 0) is 21.4 Å². The third kappa shape index (κ3) is 2.71. The third-order valence-corrected chi connectivity index (χ3v) is 7.18. The van der Waals surface area contributed by atoms with Crippen molar-refractivity contribution in [2.75, 3.05) is 7.11 Å². The van der Waals surface area contributed by atoms with Crippen LogP contribution < -0.4 is 0 Å². The van der Waals surface area contributed by atoms with Crippen LogP contribution in [-0.4, -0.2) is 18.9 Å². The Balaban J connectivity index is 2.17. The molecule has 0 heterocycles. The summed E-state index contributed by atoms with van der Waals surface area (Å²) in [7, 11) is 1.51. The van der Waals surface area contributed by atoms with Gasteiger partial charge < -0.3 is 4.74 Å². The smallest absolute Gasteiger partial charge is 0.311 e. The highest BCUT2D eigenvalue weighted by Gasteiger charge is 2.55. The summed E-state index contributed by atoms with van der Waals surface area (Å²) in [5.41, 5.74) is 4.21. The van der Waals surface area contributed by atoms with Gasteiger partial charge in [-0.25, -0.2) is 0 Å². The number of carbonyl (C=O) groups is 2. The fourth-order valence-electron chi connectivity index (χ4n) is 5.79. The van der Waals surface area contributed by atoms with Crippen LogP contribution in [0.2, 0.25) is 0 Å². The number of Topliss-reactive ketones (excluding diaryl/α,β-unsaturated/α-hetero) is 1. The molecule has 0 saturated heterocycles. The molecule has 0 N–H and O–H groups in total. The number of fused-ring (bicyclic) bond motifs is 3. The van der Waals surface area contributed by atoms with E-state index in [1.807, 2.05) is 0 Å². The lowest BCUT2D eigenvalue weighted by molar-refractivity contribution is -0.161. The predicted molar refractivity (Wildman–Crippen MR) is 104 cm³/mol. The van der Waals surface area contributed by atoms with Crippen LogP contribution in [0, 0.1) is 11.3 Å². The normalized spacial score (nSPS) is 30.5. The van der Waals surface area contributed by atoms with E-state index in [1.165, 1.54) is 18.2 Å². The Bertz CT molecular complexity index is 748. The average molecular weight is 357 g/mol. The maximum absolute atomic E-state index is 12.6. The maximum Gasteiger partial charge on any atom is 0.311 e. The summed E-state index contributed by atoms with van der Waals surface area (Å²) in [5, 5.41) is 0. The molecule has 0 aromatic heterocycles. The molecule has 3 heteroatoms. The highest BCUT2D eigenvalue weighted by molar-refractivity contribution is 5.96. The molecule has 1 saturated carbocycles. The lowest BCUT2D eigenvalue weighted by atomic mass is 9.49. The van der Waals surface area contributed by atoms with Gasteiger partial charge >= 0.3 is 5.97 Å². The van der Waals surface area contributed by atoms with Crippen molar-refractivity contribution >= 4 is 11.8 Å². The minimum Gasteiger partial charge on any atom is -0.469 e. The van der Waals surface area contributed by atoms with Crippen molar-refractivity contribution in [2.24, 2.45) is 11.3 Å². The molecule has 3 atom stereocenters. The number of carbonyl (C=O) groups excluding carboxylic acids is 2. The zero-order valence-electron chi connectivity index (χ0n) is 17.1. The molecule has 3 unspecified atom stereocenters. The van der Waals surface area contributed by atoms with Gasteiger partial charge in [-0.05, 0) is 79.5 Å². The molecular formula is C23H32O3. The SMILES string of the molecule is COC(=O)C1(C)CCCC2(C)c3cc(C(C)C)c(C(C)=O)cc3CCC12. The molecule has 1 fully saturated rings. The molecule has 0 spiro atoms. The maximum atomic E-state index is 12.6. The quantitative estimate of drug-likeness (QED) is 0.552. The standard InChI is InChI=1S/C23H32O3/c1-14(2)17-13-19-16(12-18(17)15(3)24)8-9-20-22(19,4)10-7-11-23(20,5)21(25)26-6/h12-14,20H,7-11H2,1-6H3. The molecule has 3 nitrogen and oxygen atoms in total. The van der Waals surface area contributed by atoms with E-state index < -0.39 is 5.41 Å². The van der Waals surface area contributed by atoms with Gasteiger partial charge in [-0.2, -0.15) is 0 Å². The zero-order valence-corrected chi connectivity index (χ0v) is 17.1. The van der Waals surface area contributed by atoms with Crippen molar-refractivity contribution in [3.8, 4) is 0 Å². The molecular weight excluding hydrogens is 324 g/mol.